The molecule has 4 rings (SSSR count). The van der Waals surface area contributed by atoms with Crippen LogP contribution in [-0.2, 0) is 6.54 Å². The van der Waals surface area contributed by atoms with E-state index in [9.17, 15) is 4.79 Å². The molecule has 1 amide bonds. The Balaban J connectivity index is 1.56. The SMILES string of the molecule is COc1ccc(OC)c(C2CCCN2C(=O)c2cn(Cc3ccccc3)nn2)c1. The second-order valence-corrected chi connectivity index (χ2v) is 7.05. The van der Waals surface area contributed by atoms with Crippen molar-refractivity contribution >= 4 is 5.91 Å². The minimum atomic E-state index is -0.114. The van der Waals surface area contributed by atoms with Crippen LogP contribution in [0, 0.1) is 0 Å². The van der Waals surface area contributed by atoms with Crippen LogP contribution in [0.4, 0.5) is 0 Å². The van der Waals surface area contributed by atoms with Gasteiger partial charge in [0.15, 0.2) is 5.69 Å². The zero-order chi connectivity index (χ0) is 20.2. The Kier molecular flexibility index (Phi) is 5.46. The fraction of sp³-hybridized carbons (Fsp3) is 0.318. The summed E-state index contributed by atoms with van der Waals surface area (Å²) in [5.41, 5.74) is 2.42. The summed E-state index contributed by atoms with van der Waals surface area (Å²) in [5.74, 6) is 1.38. The number of ether oxygens (including phenoxy) is 2. The molecule has 0 spiro atoms. The second-order valence-electron chi connectivity index (χ2n) is 7.05. The van der Waals surface area contributed by atoms with Crippen molar-refractivity contribution in [2.75, 3.05) is 20.8 Å². The predicted molar refractivity (Wildman–Crippen MR) is 108 cm³/mol. The lowest BCUT2D eigenvalue weighted by molar-refractivity contribution is 0.0728. The Hall–Kier alpha value is -3.35. The van der Waals surface area contributed by atoms with Crippen molar-refractivity contribution in [2.45, 2.75) is 25.4 Å². The van der Waals surface area contributed by atoms with Crippen molar-refractivity contribution in [3.63, 3.8) is 0 Å². The third kappa shape index (κ3) is 3.94. The van der Waals surface area contributed by atoms with Gasteiger partial charge in [-0.15, -0.1) is 5.10 Å². The van der Waals surface area contributed by atoms with Gasteiger partial charge in [0.05, 0.1) is 33.0 Å². The Bertz CT molecular complexity index is 987. The summed E-state index contributed by atoms with van der Waals surface area (Å²) in [7, 11) is 3.27. The molecule has 1 aliphatic rings. The molecule has 1 aliphatic heterocycles. The molecule has 2 heterocycles. The van der Waals surface area contributed by atoms with Crippen LogP contribution in [0.2, 0.25) is 0 Å². The van der Waals surface area contributed by atoms with E-state index in [0.717, 1.165) is 35.5 Å². The number of likely N-dealkylation sites (tertiary alicyclic amines) is 1. The fourth-order valence-corrected chi connectivity index (χ4v) is 3.82. The molecule has 0 N–H and O–H groups in total. The highest BCUT2D eigenvalue weighted by Gasteiger charge is 2.34. The van der Waals surface area contributed by atoms with Gasteiger partial charge in [0, 0.05) is 12.1 Å². The Labute approximate surface area is 169 Å². The van der Waals surface area contributed by atoms with Gasteiger partial charge in [-0.05, 0) is 36.6 Å². The highest BCUT2D eigenvalue weighted by atomic mass is 16.5. The van der Waals surface area contributed by atoms with Gasteiger partial charge in [-0.2, -0.15) is 0 Å². The van der Waals surface area contributed by atoms with Gasteiger partial charge < -0.3 is 14.4 Å². The molecule has 7 heteroatoms. The standard InChI is InChI=1S/C22H24N4O3/c1-28-17-10-11-21(29-2)18(13-17)20-9-6-12-26(20)22(27)19-15-25(24-23-19)14-16-7-4-3-5-8-16/h3-5,7-8,10-11,13,15,20H,6,9,12,14H2,1-2H3. The lowest BCUT2D eigenvalue weighted by atomic mass is 10.0. The molecular weight excluding hydrogens is 368 g/mol. The summed E-state index contributed by atoms with van der Waals surface area (Å²) >= 11 is 0. The van der Waals surface area contributed by atoms with E-state index in [1.807, 2.05) is 53.4 Å². The zero-order valence-electron chi connectivity index (χ0n) is 16.6. The molecule has 0 saturated carbocycles. The van der Waals surface area contributed by atoms with Gasteiger partial charge in [0.25, 0.3) is 5.91 Å². The normalized spacial score (nSPS) is 16.1. The van der Waals surface area contributed by atoms with E-state index in [0.29, 0.717) is 18.8 Å². The van der Waals surface area contributed by atoms with Crippen LogP contribution in [-0.4, -0.2) is 46.6 Å². The monoisotopic (exact) mass is 392 g/mol. The second kappa shape index (κ2) is 8.34. The number of hydrogen-bond acceptors (Lipinski definition) is 5. The minimum Gasteiger partial charge on any atom is -0.497 e. The summed E-state index contributed by atoms with van der Waals surface area (Å²) in [4.78, 5) is 15.0. The minimum absolute atomic E-state index is 0.0770. The van der Waals surface area contributed by atoms with Gasteiger partial charge in [-0.25, -0.2) is 4.68 Å². The molecule has 1 atom stereocenters. The zero-order valence-corrected chi connectivity index (χ0v) is 16.6. The summed E-state index contributed by atoms with van der Waals surface area (Å²) in [5, 5.41) is 8.26. The molecule has 1 unspecified atom stereocenters. The highest BCUT2D eigenvalue weighted by Crippen LogP contribution is 2.39. The molecule has 1 fully saturated rings. The van der Waals surface area contributed by atoms with Crippen LogP contribution in [0.3, 0.4) is 0 Å². The first-order valence-electron chi connectivity index (χ1n) is 9.66. The number of benzene rings is 2. The molecule has 7 nitrogen and oxygen atoms in total. The van der Waals surface area contributed by atoms with E-state index >= 15 is 0 Å². The Morgan fingerprint density at radius 3 is 2.72 bits per heavy atom. The Morgan fingerprint density at radius 1 is 1.14 bits per heavy atom. The van der Waals surface area contributed by atoms with Crippen molar-refractivity contribution in [3.05, 3.63) is 71.5 Å². The maximum Gasteiger partial charge on any atom is 0.276 e. The number of carbonyl (C=O) groups is 1. The van der Waals surface area contributed by atoms with E-state index in [2.05, 4.69) is 10.3 Å². The summed E-state index contributed by atoms with van der Waals surface area (Å²) in [6.07, 6.45) is 3.51. The molecular formula is C22H24N4O3. The molecule has 0 radical (unpaired) electrons. The van der Waals surface area contributed by atoms with E-state index < -0.39 is 0 Å². The molecule has 3 aromatic rings. The lowest BCUT2D eigenvalue weighted by Gasteiger charge is -2.26. The molecule has 0 bridgehead atoms. The van der Waals surface area contributed by atoms with Gasteiger partial charge in [0.1, 0.15) is 11.5 Å². The van der Waals surface area contributed by atoms with Crippen LogP contribution in [0.1, 0.15) is 40.5 Å². The first-order chi connectivity index (χ1) is 14.2. The first-order valence-corrected chi connectivity index (χ1v) is 9.66. The maximum absolute atomic E-state index is 13.2. The molecule has 1 saturated heterocycles. The van der Waals surface area contributed by atoms with Crippen molar-refractivity contribution in [1.82, 2.24) is 19.9 Å². The molecule has 0 aliphatic carbocycles. The van der Waals surface area contributed by atoms with Crippen LogP contribution in [0.5, 0.6) is 11.5 Å². The summed E-state index contributed by atoms with van der Waals surface area (Å²) in [6, 6.07) is 15.6. The molecule has 2 aromatic carbocycles. The van der Waals surface area contributed by atoms with Gasteiger partial charge in [0.2, 0.25) is 0 Å². The highest BCUT2D eigenvalue weighted by molar-refractivity contribution is 5.92. The topological polar surface area (TPSA) is 69.5 Å². The van der Waals surface area contributed by atoms with Crippen molar-refractivity contribution in [2.24, 2.45) is 0 Å². The van der Waals surface area contributed by atoms with Crippen LogP contribution in [0.15, 0.2) is 54.7 Å². The van der Waals surface area contributed by atoms with Crippen LogP contribution < -0.4 is 9.47 Å². The number of carbonyl (C=O) groups excluding carboxylic acids is 1. The van der Waals surface area contributed by atoms with E-state index in [1.54, 1.807) is 25.1 Å². The average Bonchev–Trinajstić information content (AvgIpc) is 3.43. The number of rotatable bonds is 6. The molecule has 29 heavy (non-hydrogen) atoms. The van der Waals surface area contributed by atoms with E-state index in [-0.39, 0.29) is 11.9 Å². The number of hydrogen-bond donors (Lipinski definition) is 0. The smallest absolute Gasteiger partial charge is 0.276 e. The fourth-order valence-electron chi connectivity index (χ4n) is 3.82. The van der Waals surface area contributed by atoms with Gasteiger partial charge in [-0.1, -0.05) is 35.5 Å². The van der Waals surface area contributed by atoms with Gasteiger partial charge >= 0.3 is 0 Å². The molecule has 150 valence electrons. The average molecular weight is 392 g/mol. The number of amides is 1. The lowest BCUT2D eigenvalue weighted by Crippen LogP contribution is -2.31. The first kappa shape index (κ1) is 19.0. The molecule has 1 aromatic heterocycles. The number of aromatic nitrogens is 3. The number of methoxy groups -OCH3 is 2. The Morgan fingerprint density at radius 2 is 1.97 bits per heavy atom. The van der Waals surface area contributed by atoms with Gasteiger partial charge in [-0.3, -0.25) is 4.79 Å². The third-order valence-corrected chi connectivity index (χ3v) is 5.25. The van der Waals surface area contributed by atoms with E-state index in [1.165, 1.54) is 0 Å². The maximum atomic E-state index is 13.2. The largest absolute Gasteiger partial charge is 0.497 e. The van der Waals surface area contributed by atoms with Crippen LogP contribution >= 0.6 is 0 Å². The summed E-state index contributed by atoms with van der Waals surface area (Å²) in [6.45, 7) is 1.25. The van der Waals surface area contributed by atoms with Crippen molar-refractivity contribution < 1.29 is 14.3 Å². The third-order valence-electron chi connectivity index (χ3n) is 5.25. The summed E-state index contributed by atoms with van der Waals surface area (Å²) < 4.78 is 12.6. The van der Waals surface area contributed by atoms with Crippen molar-refractivity contribution in [1.29, 1.82) is 0 Å². The number of nitrogens with zero attached hydrogens (tertiary/aromatic N) is 4. The predicted octanol–water partition coefficient (Wildman–Crippen LogP) is 3.32. The van der Waals surface area contributed by atoms with Crippen LogP contribution in [0.25, 0.3) is 0 Å². The van der Waals surface area contributed by atoms with Crippen molar-refractivity contribution in [3.8, 4) is 11.5 Å². The van der Waals surface area contributed by atoms with E-state index in [4.69, 9.17) is 9.47 Å². The quantitative estimate of drug-likeness (QED) is 0.644.